The second-order valence-electron chi connectivity index (χ2n) is 7.85. The molecule has 0 fully saturated rings. The number of ketones is 1. The molecule has 26 heavy (non-hydrogen) atoms. The Labute approximate surface area is 150 Å². The number of fused-ring (bicyclic) bond motifs is 1. The number of carbonyl (C=O) groups excluding carboxylic acids is 1. The number of non-ortho nitro benzene ring substituents is 1. The summed E-state index contributed by atoms with van der Waals surface area (Å²) in [7, 11) is 0. The first kappa shape index (κ1) is 16.5. The van der Waals surface area contributed by atoms with Gasteiger partial charge in [-0.15, -0.1) is 0 Å². The molecule has 2 heterocycles. The first-order valence-corrected chi connectivity index (χ1v) is 8.59. The normalized spacial score (nSPS) is 21.0. The summed E-state index contributed by atoms with van der Waals surface area (Å²) in [5.41, 5.74) is 4.29. The number of Topliss-reactive ketones (excluding diaryl/α,β-unsaturated/α-hetero) is 1. The molecule has 0 unspecified atom stereocenters. The van der Waals surface area contributed by atoms with Crippen LogP contribution in [0.3, 0.4) is 0 Å². The minimum atomic E-state index is -0.417. The monoisotopic (exact) mass is 352 g/mol. The van der Waals surface area contributed by atoms with Gasteiger partial charge in [-0.2, -0.15) is 5.10 Å². The molecule has 1 aromatic heterocycles. The Bertz CT molecular complexity index is 954. The maximum atomic E-state index is 13.0. The van der Waals surface area contributed by atoms with Crippen LogP contribution in [0, 0.1) is 22.5 Å². The van der Waals surface area contributed by atoms with Crippen LogP contribution < -0.4 is 5.32 Å². The van der Waals surface area contributed by atoms with Crippen LogP contribution in [0.15, 0.2) is 35.5 Å². The summed E-state index contributed by atoms with van der Waals surface area (Å²) in [6.07, 6.45) is 1.26. The minimum absolute atomic E-state index is 0.0390. The second-order valence-corrected chi connectivity index (χ2v) is 7.85. The van der Waals surface area contributed by atoms with Crippen LogP contribution >= 0.6 is 0 Å². The van der Waals surface area contributed by atoms with Gasteiger partial charge < -0.3 is 5.32 Å². The Morgan fingerprint density at radius 2 is 1.92 bits per heavy atom. The highest BCUT2D eigenvalue weighted by atomic mass is 16.6. The van der Waals surface area contributed by atoms with Gasteiger partial charge in [-0.3, -0.25) is 20.0 Å². The highest BCUT2D eigenvalue weighted by Gasteiger charge is 2.42. The van der Waals surface area contributed by atoms with Crippen LogP contribution in [0.2, 0.25) is 0 Å². The third-order valence-corrected chi connectivity index (χ3v) is 5.20. The summed E-state index contributed by atoms with van der Waals surface area (Å²) in [5.74, 6) is 0.595. The number of carbonyl (C=O) groups is 1. The van der Waals surface area contributed by atoms with Gasteiger partial charge in [-0.05, 0) is 24.3 Å². The Kier molecular flexibility index (Phi) is 3.50. The molecule has 134 valence electrons. The zero-order chi connectivity index (χ0) is 18.6. The number of aryl methyl sites for hydroxylation is 1. The van der Waals surface area contributed by atoms with Gasteiger partial charge >= 0.3 is 0 Å². The third-order valence-electron chi connectivity index (χ3n) is 5.20. The quantitative estimate of drug-likeness (QED) is 0.632. The van der Waals surface area contributed by atoms with Crippen molar-refractivity contribution in [3.05, 3.63) is 62.5 Å². The van der Waals surface area contributed by atoms with Gasteiger partial charge in [0, 0.05) is 47.0 Å². The second kappa shape index (κ2) is 5.52. The number of hydrogen-bond donors (Lipinski definition) is 2. The number of nitrogens with zero attached hydrogens (tertiary/aromatic N) is 2. The standard InChI is InChI=1S/C19H20N4O3/c1-10-15-16(11-4-6-12(7-5-11)23(25)26)17-13(20-18(15)22-21-10)8-19(2,3)9-14(17)24/h4-7,16H,8-9H2,1-3H3,(H2,20,21,22)/t16-/m1/s1. The molecule has 4 rings (SSSR count). The predicted octanol–water partition coefficient (Wildman–Crippen LogP) is 3.83. The number of allylic oxidation sites excluding steroid dienone is 2. The van der Waals surface area contributed by atoms with Crippen molar-refractivity contribution >= 4 is 17.3 Å². The summed E-state index contributed by atoms with van der Waals surface area (Å²) in [6, 6.07) is 6.46. The van der Waals surface area contributed by atoms with Crippen molar-refractivity contribution in [2.75, 3.05) is 5.32 Å². The highest BCUT2D eigenvalue weighted by Crippen LogP contribution is 2.49. The van der Waals surface area contributed by atoms with Gasteiger partial charge in [-0.1, -0.05) is 26.0 Å². The van der Waals surface area contributed by atoms with E-state index in [2.05, 4.69) is 29.4 Å². The first-order chi connectivity index (χ1) is 12.3. The zero-order valence-electron chi connectivity index (χ0n) is 14.9. The van der Waals surface area contributed by atoms with Gasteiger partial charge in [0.15, 0.2) is 11.6 Å². The number of aromatic nitrogens is 2. The van der Waals surface area contributed by atoms with Crippen LogP contribution in [-0.2, 0) is 4.79 Å². The fraction of sp³-hybridized carbons (Fsp3) is 0.368. The third kappa shape index (κ3) is 2.51. The van der Waals surface area contributed by atoms with E-state index in [0.29, 0.717) is 6.42 Å². The summed E-state index contributed by atoms with van der Waals surface area (Å²) >= 11 is 0. The van der Waals surface area contributed by atoms with Gasteiger partial charge in [-0.25, -0.2) is 0 Å². The fourth-order valence-electron chi connectivity index (χ4n) is 4.08. The molecule has 1 aliphatic heterocycles. The molecule has 1 aromatic carbocycles. The number of benzene rings is 1. The Hall–Kier alpha value is -2.96. The van der Waals surface area contributed by atoms with Gasteiger partial charge in [0.25, 0.3) is 5.69 Å². The summed E-state index contributed by atoms with van der Waals surface area (Å²) in [6.45, 7) is 6.10. The van der Waals surface area contributed by atoms with Crippen LogP contribution in [0.25, 0.3) is 0 Å². The van der Waals surface area contributed by atoms with Crippen LogP contribution in [0.1, 0.15) is 49.4 Å². The fourth-order valence-corrected chi connectivity index (χ4v) is 4.08. The molecular formula is C19H20N4O3. The van der Waals surface area contributed by atoms with E-state index in [0.717, 1.165) is 40.3 Å². The first-order valence-electron chi connectivity index (χ1n) is 8.59. The zero-order valence-corrected chi connectivity index (χ0v) is 14.9. The lowest BCUT2D eigenvalue weighted by Gasteiger charge is -2.38. The van der Waals surface area contributed by atoms with Crippen molar-refractivity contribution in [3.8, 4) is 0 Å². The number of H-pyrrole nitrogens is 1. The maximum absolute atomic E-state index is 13.0. The molecule has 7 heteroatoms. The van der Waals surface area contributed by atoms with E-state index >= 15 is 0 Å². The van der Waals surface area contributed by atoms with E-state index in [4.69, 9.17) is 0 Å². The molecule has 1 aliphatic carbocycles. The van der Waals surface area contributed by atoms with E-state index in [-0.39, 0.29) is 22.8 Å². The van der Waals surface area contributed by atoms with Crippen molar-refractivity contribution in [1.82, 2.24) is 10.2 Å². The molecule has 7 nitrogen and oxygen atoms in total. The Morgan fingerprint density at radius 1 is 1.23 bits per heavy atom. The molecule has 0 saturated heterocycles. The van der Waals surface area contributed by atoms with Crippen LogP contribution in [-0.4, -0.2) is 20.9 Å². The van der Waals surface area contributed by atoms with Crippen molar-refractivity contribution < 1.29 is 9.72 Å². The lowest BCUT2D eigenvalue weighted by atomic mass is 9.69. The van der Waals surface area contributed by atoms with Crippen molar-refractivity contribution in [2.45, 2.75) is 39.5 Å². The SMILES string of the molecule is Cc1[nH]nc2c1[C@@H](c1ccc([N+](=O)[O-])cc1)C1=C(CC(C)(C)CC1=O)N2. The number of nitrogens with one attached hydrogen (secondary N) is 2. The van der Waals surface area contributed by atoms with E-state index in [1.807, 2.05) is 6.92 Å². The van der Waals surface area contributed by atoms with Gasteiger partial charge in [0.05, 0.1) is 4.92 Å². The number of nitro groups is 1. The number of nitro benzene ring substituents is 1. The molecule has 0 bridgehead atoms. The van der Waals surface area contributed by atoms with E-state index in [1.54, 1.807) is 12.1 Å². The van der Waals surface area contributed by atoms with Gasteiger partial charge in [0.1, 0.15) is 0 Å². The predicted molar refractivity (Wildman–Crippen MR) is 96.9 cm³/mol. The molecule has 2 aromatic rings. The Morgan fingerprint density at radius 3 is 2.58 bits per heavy atom. The number of hydrogen-bond acceptors (Lipinski definition) is 5. The van der Waals surface area contributed by atoms with E-state index in [1.165, 1.54) is 12.1 Å². The lowest BCUT2D eigenvalue weighted by Crippen LogP contribution is -2.33. The minimum Gasteiger partial charge on any atom is -0.342 e. The highest BCUT2D eigenvalue weighted by molar-refractivity contribution is 6.01. The van der Waals surface area contributed by atoms with E-state index < -0.39 is 4.92 Å². The molecule has 0 spiro atoms. The van der Waals surface area contributed by atoms with Crippen LogP contribution in [0.5, 0.6) is 0 Å². The molecular weight excluding hydrogens is 332 g/mol. The smallest absolute Gasteiger partial charge is 0.269 e. The molecule has 2 aliphatic rings. The molecule has 1 atom stereocenters. The van der Waals surface area contributed by atoms with E-state index in [9.17, 15) is 14.9 Å². The van der Waals surface area contributed by atoms with Crippen molar-refractivity contribution in [3.63, 3.8) is 0 Å². The Balaban J connectivity index is 1.89. The number of rotatable bonds is 2. The largest absolute Gasteiger partial charge is 0.342 e. The average molecular weight is 352 g/mol. The van der Waals surface area contributed by atoms with Crippen molar-refractivity contribution in [2.24, 2.45) is 5.41 Å². The number of aromatic amines is 1. The molecule has 0 radical (unpaired) electrons. The topological polar surface area (TPSA) is 101 Å². The maximum Gasteiger partial charge on any atom is 0.269 e. The average Bonchev–Trinajstić information content (AvgIpc) is 2.93. The molecule has 0 amide bonds. The summed E-state index contributed by atoms with van der Waals surface area (Å²) in [5, 5.41) is 21.7. The number of anilines is 1. The van der Waals surface area contributed by atoms with Gasteiger partial charge in [0.2, 0.25) is 0 Å². The van der Waals surface area contributed by atoms with Crippen molar-refractivity contribution in [1.29, 1.82) is 0 Å². The molecule has 2 N–H and O–H groups in total. The summed E-state index contributed by atoms with van der Waals surface area (Å²) < 4.78 is 0. The molecule has 0 saturated carbocycles. The summed E-state index contributed by atoms with van der Waals surface area (Å²) in [4.78, 5) is 23.6. The van der Waals surface area contributed by atoms with Crippen LogP contribution in [0.4, 0.5) is 11.5 Å². The lowest BCUT2D eigenvalue weighted by molar-refractivity contribution is -0.384.